The zero-order valence-electron chi connectivity index (χ0n) is 20.1. The van der Waals surface area contributed by atoms with Crippen LogP contribution in [-0.2, 0) is 28.8 Å². The first-order valence-corrected chi connectivity index (χ1v) is 13.7. The molecule has 37 heavy (non-hydrogen) atoms. The second-order valence-corrected chi connectivity index (χ2v) is 11.8. The van der Waals surface area contributed by atoms with Crippen molar-refractivity contribution in [2.24, 2.45) is 7.05 Å². The molecule has 192 valence electrons. The summed E-state index contributed by atoms with van der Waals surface area (Å²) in [5, 5.41) is 5.26. The van der Waals surface area contributed by atoms with Gasteiger partial charge in [0.05, 0.1) is 21.7 Å². The van der Waals surface area contributed by atoms with E-state index in [9.17, 15) is 21.6 Å². The van der Waals surface area contributed by atoms with Gasteiger partial charge in [-0.05, 0) is 61.3 Å². The van der Waals surface area contributed by atoms with Crippen LogP contribution in [0.3, 0.4) is 0 Å². The van der Waals surface area contributed by atoms with Crippen LogP contribution in [0.5, 0.6) is 0 Å². The zero-order chi connectivity index (χ0) is 26.5. The summed E-state index contributed by atoms with van der Waals surface area (Å²) in [7, 11) is -2.01. The Morgan fingerprint density at radius 2 is 1.81 bits per heavy atom. The highest BCUT2D eigenvalue weighted by molar-refractivity contribution is 7.90. The number of hydrogen-bond donors (Lipinski definition) is 0. The summed E-state index contributed by atoms with van der Waals surface area (Å²) in [5.74, 6) is -0.262. The number of nitrogens with zero attached hydrogens (tertiary/aromatic N) is 5. The molecule has 0 unspecified atom stereocenters. The molecule has 3 aromatic heterocycles. The fourth-order valence-corrected chi connectivity index (χ4v) is 6.50. The molecular weight excluding hydrogens is 523 g/mol. The largest absolute Gasteiger partial charge is 0.416 e. The van der Waals surface area contributed by atoms with Crippen molar-refractivity contribution < 1.29 is 21.6 Å². The highest BCUT2D eigenvalue weighted by Crippen LogP contribution is 2.42. The summed E-state index contributed by atoms with van der Waals surface area (Å²) >= 11 is 1.03. The molecule has 0 N–H and O–H groups in total. The highest BCUT2D eigenvalue weighted by Gasteiger charge is 2.32. The van der Waals surface area contributed by atoms with E-state index in [2.05, 4.69) is 14.5 Å². The van der Waals surface area contributed by atoms with Crippen molar-refractivity contribution in [1.82, 2.24) is 23.7 Å². The zero-order valence-corrected chi connectivity index (χ0v) is 21.7. The Morgan fingerprint density at radius 1 is 1.03 bits per heavy atom. The van der Waals surface area contributed by atoms with E-state index >= 15 is 0 Å². The van der Waals surface area contributed by atoms with Crippen LogP contribution < -0.4 is 0 Å². The van der Waals surface area contributed by atoms with E-state index in [1.54, 1.807) is 25.2 Å². The number of aromatic nitrogens is 5. The summed E-state index contributed by atoms with van der Waals surface area (Å²) < 4.78 is 74.3. The third kappa shape index (κ3) is 4.66. The maximum Gasteiger partial charge on any atom is 0.416 e. The molecule has 0 aliphatic carbocycles. The molecule has 0 aliphatic rings. The van der Waals surface area contributed by atoms with Crippen LogP contribution in [0, 0.1) is 0 Å². The standard InChI is InChI=1S/C25H22F3N5O2S2/c1-15(2)33-12-21(18-6-4-16(25(26,27)28)10-20(18)22-8-9-30-32(22)3)19-7-5-17(11-23(19)33)37(34,35)13-24-29-14-31-36-24/h4-12,14-15H,13H2,1-3H3. The van der Waals surface area contributed by atoms with E-state index in [4.69, 9.17) is 0 Å². The Kier molecular flexibility index (Phi) is 6.19. The number of fused-ring (bicyclic) bond motifs is 1. The third-order valence-electron chi connectivity index (χ3n) is 6.18. The SMILES string of the molecule is CC(C)n1cc(-c2ccc(C(F)(F)F)cc2-c2ccnn2C)c2ccc(S(=O)(=O)Cc3ncns3)cc21. The maximum absolute atomic E-state index is 13.6. The maximum atomic E-state index is 13.6. The molecule has 5 rings (SSSR count). The molecule has 0 atom stereocenters. The number of hydrogen-bond acceptors (Lipinski definition) is 6. The monoisotopic (exact) mass is 545 g/mol. The fraction of sp³-hybridized carbons (Fsp3) is 0.240. The molecule has 0 aliphatic heterocycles. The summed E-state index contributed by atoms with van der Waals surface area (Å²) in [5.41, 5.74) is 2.10. The second kappa shape index (κ2) is 9.10. The van der Waals surface area contributed by atoms with Crippen LogP contribution in [0.4, 0.5) is 13.2 Å². The molecule has 0 fully saturated rings. The van der Waals surface area contributed by atoms with Crippen LogP contribution in [0.25, 0.3) is 33.3 Å². The number of sulfone groups is 1. The number of alkyl halides is 3. The lowest BCUT2D eigenvalue weighted by Crippen LogP contribution is -2.06. The minimum Gasteiger partial charge on any atom is -0.344 e. The van der Waals surface area contributed by atoms with Gasteiger partial charge in [0.15, 0.2) is 9.84 Å². The Bertz CT molecular complexity index is 1700. The van der Waals surface area contributed by atoms with Gasteiger partial charge in [0, 0.05) is 42.0 Å². The van der Waals surface area contributed by atoms with Crippen molar-refractivity contribution in [3.05, 3.63) is 71.8 Å². The first-order valence-electron chi connectivity index (χ1n) is 11.3. The first kappa shape index (κ1) is 25.2. The third-order valence-corrected chi connectivity index (χ3v) is 8.64. The molecule has 0 radical (unpaired) electrons. The van der Waals surface area contributed by atoms with E-state index < -0.39 is 21.6 Å². The lowest BCUT2D eigenvalue weighted by molar-refractivity contribution is -0.137. The summed E-state index contributed by atoms with van der Waals surface area (Å²) in [4.78, 5) is 4.12. The average molecular weight is 546 g/mol. The molecule has 0 bridgehead atoms. The van der Waals surface area contributed by atoms with Gasteiger partial charge in [-0.25, -0.2) is 13.4 Å². The Balaban J connectivity index is 1.72. The normalized spacial score (nSPS) is 12.6. The average Bonchev–Trinajstić information content (AvgIpc) is 3.57. The van der Waals surface area contributed by atoms with Crippen molar-refractivity contribution in [1.29, 1.82) is 0 Å². The van der Waals surface area contributed by atoms with E-state index in [0.29, 0.717) is 32.9 Å². The summed E-state index contributed by atoms with van der Waals surface area (Å²) in [6.07, 6.45) is 0.206. The second-order valence-electron chi connectivity index (χ2n) is 8.92. The van der Waals surface area contributed by atoms with Crippen molar-refractivity contribution in [2.45, 2.75) is 36.7 Å². The predicted molar refractivity (Wildman–Crippen MR) is 136 cm³/mol. The van der Waals surface area contributed by atoms with Gasteiger partial charge in [0.2, 0.25) is 0 Å². The van der Waals surface area contributed by atoms with Gasteiger partial charge in [-0.15, -0.1) is 0 Å². The smallest absolute Gasteiger partial charge is 0.344 e. The van der Waals surface area contributed by atoms with Gasteiger partial charge in [-0.1, -0.05) is 12.1 Å². The first-order chi connectivity index (χ1) is 17.5. The van der Waals surface area contributed by atoms with Crippen LogP contribution in [0.1, 0.15) is 30.5 Å². The molecule has 0 saturated carbocycles. The summed E-state index contributed by atoms with van der Waals surface area (Å²) in [6.45, 7) is 3.92. The molecular formula is C25H22F3N5O2S2. The molecule has 12 heteroatoms. The lowest BCUT2D eigenvalue weighted by atomic mass is 9.95. The molecule has 0 spiro atoms. The minimum absolute atomic E-state index is 0.0352. The van der Waals surface area contributed by atoms with Gasteiger partial charge in [0.25, 0.3) is 0 Å². The van der Waals surface area contributed by atoms with E-state index in [1.807, 2.05) is 24.6 Å². The van der Waals surface area contributed by atoms with Crippen LogP contribution in [0.2, 0.25) is 0 Å². The molecule has 7 nitrogen and oxygen atoms in total. The Labute approximate surface area is 215 Å². The molecule has 2 aromatic carbocycles. The van der Waals surface area contributed by atoms with Gasteiger partial charge in [0.1, 0.15) is 17.1 Å². The van der Waals surface area contributed by atoms with E-state index in [-0.39, 0.29) is 16.7 Å². The van der Waals surface area contributed by atoms with Crippen molar-refractivity contribution >= 4 is 32.3 Å². The van der Waals surface area contributed by atoms with E-state index in [0.717, 1.165) is 29.1 Å². The van der Waals surface area contributed by atoms with E-state index in [1.165, 1.54) is 29.3 Å². The number of benzene rings is 2. The number of rotatable bonds is 6. The number of aryl methyl sites for hydroxylation is 1. The molecule has 5 aromatic rings. The van der Waals surface area contributed by atoms with Gasteiger partial charge in [-0.3, -0.25) is 4.68 Å². The predicted octanol–water partition coefficient (Wildman–Crippen LogP) is 6.13. The van der Waals surface area contributed by atoms with Crippen LogP contribution in [-0.4, -0.2) is 32.1 Å². The Morgan fingerprint density at radius 3 is 2.43 bits per heavy atom. The molecule has 0 saturated heterocycles. The van der Waals surface area contributed by atoms with Crippen LogP contribution >= 0.6 is 11.5 Å². The van der Waals surface area contributed by atoms with Crippen LogP contribution in [0.15, 0.2) is 66.1 Å². The summed E-state index contributed by atoms with van der Waals surface area (Å²) in [6, 6.07) is 10.1. The van der Waals surface area contributed by atoms with Gasteiger partial charge < -0.3 is 4.57 Å². The highest BCUT2D eigenvalue weighted by atomic mass is 32.2. The van der Waals surface area contributed by atoms with Crippen molar-refractivity contribution in [2.75, 3.05) is 0 Å². The van der Waals surface area contributed by atoms with Crippen molar-refractivity contribution in [3.8, 4) is 22.4 Å². The Hall–Kier alpha value is -3.51. The lowest BCUT2D eigenvalue weighted by Gasteiger charge is -2.14. The minimum atomic E-state index is -4.51. The van der Waals surface area contributed by atoms with Gasteiger partial charge >= 0.3 is 6.18 Å². The van der Waals surface area contributed by atoms with Gasteiger partial charge in [-0.2, -0.15) is 22.6 Å². The van der Waals surface area contributed by atoms with Crippen molar-refractivity contribution in [3.63, 3.8) is 0 Å². The molecule has 0 amide bonds. The topological polar surface area (TPSA) is 82.7 Å². The molecule has 3 heterocycles. The quantitative estimate of drug-likeness (QED) is 0.256. The fourth-order valence-electron chi connectivity index (χ4n) is 4.38. The number of halogens is 3.